The highest BCUT2D eigenvalue weighted by molar-refractivity contribution is 6.31. The summed E-state index contributed by atoms with van der Waals surface area (Å²) in [5.74, 6) is -0.379. The van der Waals surface area contributed by atoms with E-state index in [2.05, 4.69) is 15.3 Å². The van der Waals surface area contributed by atoms with Gasteiger partial charge in [-0.05, 0) is 43.4 Å². The van der Waals surface area contributed by atoms with Crippen LogP contribution in [0.1, 0.15) is 30.5 Å². The lowest BCUT2D eigenvalue weighted by Gasteiger charge is -2.11. The predicted octanol–water partition coefficient (Wildman–Crippen LogP) is 3.61. The van der Waals surface area contributed by atoms with Crippen molar-refractivity contribution >= 4 is 29.2 Å². The number of anilines is 2. The van der Waals surface area contributed by atoms with Crippen LogP contribution in [0.4, 0.5) is 11.6 Å². The summed E-state index contributed by atoms with van der Waals surface area (Å²) in [7, 11) is 0. The predicted molar refractivity (Wildman–Crippen MR) is 95.4 cm³/mol. The van der Waals surface area contributed by atoms with Crippen molar-refractivity contribution < 1.29 is 14.6 Å². The van der Waals surface area contributed by atoms with Crippen LogP contribution >= 0.6 is 11.6 Å². The molecule has 0 bridgehead atoms. The molecule has 2 N–H and O–H groups in total. The average Bonchev–Trinajstić information content (AvgIpc) is 3.10. The number of nitrogens with one attached hydrogen (secondary N) is 1. The number of carbonyl (C=O) groups is 1. The van der Waals surface area contributed by atoms with Crippen molar-refractivity contribution in [2.24, 2.45) is 0 Å². The highest BCUT2D eigenvalue weighted by atomic mass is 35.5. The van der Waals surface area contributed by atoms with Gasteiger partial charge in [0.1, 0.15) is 0 Å². The minimum atomic E-state index is -0.849. The van der Waals surface area contributed by atoms with Crippen LogP contribution in [0.25, 0.3) is 0 Å². The van der Waals surface area contributed by atoms with E-state index in [0.717, 1.165) is 49.2 Å². The first-order valence-corrected chi connectivity index (χ1v) is 8.69. The molecular formula is C18H20ClN3O3. The fourth-order valence-electron chi connectivity index (χ4n) is 2.82. The number of ether oxygens (including phenoxy) is 1. The molecule has 0 aliphatic carbocycles. The Balaban J connectivity index is 1.63. The van der Waals surface area contributed by atoms with Gasteiger partial charge in [0, 0.05) is 12.3 Å². The van der Waals surface area contributed by atoms with Gasteiger partial charge in [-0.25, -0.2) is 9.97 Å². The van der Waals surface area contributed by atoms with Crippen molar-refractivity contribution in [3.63, 3.8) is 0 Å². The molecule has 0 amide bonds. The summed E-state index contributed by atoms with van der Waals surface area (Å²) in [6.07, 6.45) is 5.76. The van der Waals surface area contributed by atoms with Crippen LogP contribution < -0.4 is 5.32 Å². The summed E-state index contributed by atoms with van der Waals surface area (Å²) in [4.78, 5) is 19.4. The molecule has 0 saturated carbocycles. The first kappa shape index (κ1) is 17.6. The Kier molecular flexibility index (Phi) is 5.83. The lowest BCUT2D eigenvalue weighted by molar-refractivity contribution is -0.136. The summed E-state index contributed by atoms with van der Waals surface area (Å²) in [5, 5.41) is 12.5. The Bertz CT molecular complexity index is 731. The van der Waals surface area contributed by atoms with Gasteiger partial charge in [0.15, 0.2) is 0 Å². The Morgan fingerprint density at radius 3 is 2.84 bits per heavy atom. The molecule has 1 aromatic carbocycles. The normalized spacial score (nSPS) is 16.8. The fraction of sp³-hybridized carbons (Fsp3) is 0.389. The van der Waals surface area contributed by atoms with Crippen LogP contribution in [-0.4, -0.2) is 33.8 Å². The Morgan fingerprint density at radius 2 is 2.16 bits per heavy atom. The second-order valence-corrected chi connectivity index (χ2v) is 6.46. The maximum absolute atomic E-state index is 10.7. The van der Waals surface area contributed by atoms with E-state index in [1.807, 2.05) is 12.1 Å². The van der Waals surface area contributed by atoms with E-state index in [-0.39, 0.29) is 6.42 Å². The number of halogens is 1. The van der Waals surface area contributed by atoms with Crippen LogP contribution in [0.5, 0.6) is 0 Å². The molecule has 1 aliphatic rings. The van der Waals surface area contributed by atoms with E-state index in [1.54, 1.807) is 18.3 Å². The van der Waals surface area contributed by atoms with Gasteiger partial charge in [-0.15, -0.1) is 0 Å². The molecule has 1 fully saturated rings. The molecule has 1 aliphatic heterocycles. The smallest absolute Gasteiger partial charge is 0.307 e. The number of aliphatic carboxylic acids is 1. The standard InChI is InChI=1S/C18H20ClN3O3/c19-15-11-20-18(22-16(15)8-7-14-2-1-9-25-14)21-13-5-3-12(4-6-13)10-17(23)24/h3-6,11,14H,1-2,7-10H2,(H,23,24)(H,20,21,22)/t14-/m1/s1. The van der Waals surface area contributed by atoms with Gasteiger partial charge in [-0.2, -0.15) is 0 Å². The number of aryl methyl sites for hydroxylation is 1. The van der Waals surface area contributed by atoms with Crippen molar-refractivity contribution in [2.75, 3.05) is 11.9 Å². The first-order valence-electron chi connectivity index (χ1n) is 8.31. The van der Waals surface area contributed by atoms with E-state index >= 15 is 0 Å². The van der Waals surface area contributed by atoms with Gasteiger partial charge in [-0.3, -0.25) is 4.79 Å². The molecule has 0 spiro atoms. The number of carboxylic acid groups (broad SMARTS) is 1. The van der Waals surface area contributed by atoms with Gasteiger partial charge < -0.3 is 15.2 Å². The molecule has 3 rings (SSSR count). The lowest BCUT2D eigenvalue weighted by Crippen LogP contribution is -2.08. The minimum Gasteiger partial charge on any atom is -0.481 e. The third-order valence-electron chi connectivity index (χ3n) is 4.11. The molecule has 1 saturated heterocycles. The summed E-state index contributed by atoms with van der Waals surface area (Å²) in [6.45, 7) is 0.840. The Morgan fingerprint density at radius 1 is 1.36 bits per heavy atom. The molecular weight excluding hydrogens is 342 g/mol. The number of benzene rings is 1. The van der Waals surface area contributed by atoms with E-state index in [0.29, 0.717) is 17.1 Å². The number of nitrogens with zero attached hydrogens (tertiary/aromatic N) is 2. The maximum Gasteiger partial charge on any atom is 0.307 e. The first-order chi connectivity index (χ1) is 12.1. The zero-order chi connectivity index (χ0) is 17.6. The third-order valence-corrected chi connectivity index (χ3v) is 4.42. The monoisotopic (exact) mass is 361 g/mol. The molecule has 0 radical (unpaired) electrons. The number of rotatable bonds is 7. The summed E-state index contributed by atoms with van der Waals surface area (Å²) in [6, 6.07) is 7.15. The van der Waals surface area contributed by atoms with Gasteiger partial charge >= 0.3 is 5.97 Å². The number of carboxylic acids is 1. The van der Waals surface area contributed by atoms with E-state index < -0.39 is 5.97 Å². The topological polar surface area (TPSA) is 84.3 Å². The second-order valence-electron chi connectivity index (χ2n) is 6.05. The third kappa shape index (κ3) is 5.14. The van der Waals surface area contributed by atoms with E-state index in [4.69, 9.17) is 21.4 Å². The highest BCUT2D eigenvalue weighted by Crippen LogP contribution is 2.22. The molecule has 1 aromatic heterocycles. The van der Waals surface area contributed by atoms with Crippen molar-refractivity contribution in [1.82, 2.24) is 9.97 Å². The molecule has 2 aromatic rings. The van der Waals surface area contributed by atoms with Crippen molar-refractivity contribution in [3.05, 3.63) is 46.7 Å². The van der Waals surface area contributed by atoms with Crippen molar-refractivity contribution in [1.29, 1.82) is 0 Å². The van der Waals surface area contributed by atoms with Crippen LogP contribution in [-0.2, 0) is 22.4 Å². The minimum absolute atomic E-state index is 0.00507. The Hall–Kier alpha value is -2.18. The largest absolute Gasteiger partial charge is 0.481 e. The van der Waals surface area contributed by atoms with Gasteiger partial charge in [0.05, 0.1) is 29.4 Å². The number of aromatic nitrogens is 2. The molecule has 1 atom stereocenters. The average molecular weight is 362 g/mol. The van der Waals surface area contributed by atoms with E-state index in [9.17, 15) is 4.79 Å². The van der Waals surface area contributed by atoms with Crippen LogP contribution in [0, 0.1) is 0 Å². The van der Waals surface area contributed by atoms with Gasteiger partial charge in [0.2, 0.25) is 5.95 Å². The van der Waals surface area contributed by atoms with Crippen LogP contribution in [0.3, 0.4) is 0 Å². The van der Waals surface area contributed by atoms with Gasteiger partial charge in [-0.1, -0.05) is 23.7 Å². The Labute approximate surface area is 151 Å². The van der Waals surface area contributed by atoms with Crippen LogP contribution in [0.2, 0.25) is 5.02 Å². The molecule has 6 nitrogen and oxygen atoms in total. The van der Waals surface area contributed by atoms with Crippen LogP contribution in [0.15, 0.2) is 30.5 Å². The SMILES string of the molecule is O=C(O)Cc1ccc(Nc2ncc(Cl)c(CC[C@H]3CCCO3)n2)cc1. The molecule has 25 heavy (non-hydrogen) atoms. The summed E-state index contributed by atoms with van der Waals surface area (Å²) >= 11 is 6.20. The number of hydrogen-bond acceptors (Lipinski definition) is 5. The summed E-state index contributed by atoms with van der Waals surface area (Å²) < 4.78 is 5.64. The zero-order valence-electron chi connectivity index (χ0n) is 13.7. The van der Waals surface area contributed by atoms with Crippen molar-refractivity contribution in [2.45, 2.75) is 38.2 Å². The van der Waals surface area contributed by atoms with E-state index in [1.165, 1.54) is 0 Å². The fourth-order valence-corrected chi connectivity index (χ4v) is 3.00. The lowest BCUT2D eigenvalue weighted by atomic mass is 10.1. The zero-order valence-corrected chi connectivity index (χ0v) is 14.5. The molecule has 0 unspecified atom stereocenters. The molecule has 7 heteroatoms. The summed E-state index contributed by atoms with van der Waals surface area (Å²) in [5.41, 5.74) is 2.34. The second kappa shape index (κ2) is 8.27. The van der Waals surface area contributed by atoms with Gasteiger partial charge in [0.25, 0.3) is 0 Å². The maximum atomic E-state index is 10.7. The van der Waals surface area contributed by atoms with Crippen molar-refractivity contribution in [3.8, 4) is 0 Å². The molecule has 2 heterocycles. The highest BCUT2D eigenvalue weighted by Gasteiger charge is 2.16. The molecule has 132 valence electrons. The number of hydrogen-bond donors (Lipinski definition) is 2. The quantitative estimate of drug-likeness (QED) is 0.783.